The van der Waals surface area contributed by atoms with Crippen molar-refractivity contribution in [2.45, 2.75) is 44.1 Å². The van der Waals surface area contributed by atoms with Gasteiger partial charge < -0.3 is 16.2 Å². The summed E-state index contributed by atoms with van der Waals surface area (Å²) >= 11 is 0. The molecule has 1 saturated carbocycles. The van der Waals surface area contributed by atoms with Gasteiger partial charge in [0.05, 0.1) is 12.0 Å². The van der Waals surface area contributed by atoms with Crippen molar-refractivity contribution >= 4 is 17.6 Å². The second-order valence-corrected chi connectivity index (χ2v) is 5.40. The summed E-state index contributed by atoms with van der Waals surface area (Å²) in [5.74, 6) is -1.14. The molecule has 4 N–H and O–H groups in total. The fraction of sp³-hybridized carbons (Fsp3) is 0.467. The SMILES string of the molecule is NC1(C(=O)Nc2ccccc2CC(=O)O)CCCCC1. The Morgan fingerprint density at radius 2 is 1.85 bits per heavy atom. The Balaban J connectivity index is 2.13. The molecule has 1 amide bonds. The molecule has 5 nitrogen and oxygen atoms in total. The van der Waals surface area contributed by atoms with Gasteiger partial charge in [0.15, 0.2) is 0 Å². The van der Waals surface area contributed by atoms with Gasteiger partial charge in [-0.05, 0) is 24.5 Å². The zero-order valence-electron chi connectivity index (χ0n) is 11.4. The maximum absolute atomic E-state index is 12.3. The van der Waals surface area contributed by atoms with Crippen molar-refractivity contribution in [2.24, 2.45) is 5.73 Å². The van der Waals surface area contributed by atoms with Crippen LogP contribution in [0.4, 0.5) is 5.69 Å². The van der Waals surface area contributed by atoms with Crippen LogP contribution in [0.5, 0.6) is 0 Å². The maximum atomic E-state index is 12.3. The molecule has 0 atom stereocenters. The van der Waals surface area contributed by atoms with Crippen molar-refractivity contribution < 1.29 is 14.7 Å². The van der Waals surface area contributed by atoms with E-state index in [2.05, 4.69) is 5.32 Å². The molecule has 0 aliphatic heterocycles. The van der Waals surface area contributed by atoms with Gasteiger partial charge in [0.2, 0.25) is 5.91 Å². The number of hydrogen-bond acceptors (Lipinski definition) is 3. The highest BCUT2D eigenvalue weighted by Crippen LogP contribution is 2.27. The number of amides is 1. The topological polar surface area (TPSA) is 92.4 Å². The number of nitrogens with two attached hydrogens (primary N) is 1. The van der Waals surface area contributed by atoms with Gasteiger partial charge in [-0.15, -0.1) is 0 Å². The van der Waals surface area contributed by atoms with Crippen LogP contribution in [0, 0.1) is 0 Å². The number of carboxylic acids is 1. The number of carboxylic acid groups (broad SMARTS) is 1. The quantitative estimate of drug-likeness (QED) is 0.783. The number of benzene rings is 1. The standard InChI is InChI=1S/C15H20N2O3/c16-15(8-4-1-5-9-15)14(20)17-12-7-3-2-6-11(12)10-13(18)19/h2-3,6-7H,1,4-5,8-10,16H2,(H,17,20)(H,18,19). The summed E-state index contributed by atoms with van der Waals surface area (Å²) in [6.07, 6.45) is 4.27. The third-order valence-corrected chi connectivity index (χ3v) is 3.81. The predicted molar refractivity (Wildman–Crippen MR) is 76.4 cm³/mol. The molecule has 20 heavy (non-hydrogen) atoms. The molecule has 0 saturated heterocycles. The number of carbonyl (C=O) groups is 2. The predicted octanol–water partition coefficient (Wildman–Crippen LogP) is 1.91. The largest absolute Gasteiger partial charge is 0.481 e. The first-order valence-corrected chi connectivity index (χ1v) is 6.91. The average Bonchev–Trinajstić information content (AvgIpc) is 2.41. The van der Waals surface area contributed by atoms with E-state index in [4.69, 9.17) is 10.8 Å². The molecule has 1 aliphatic rings. The first-order valence-electron chi connectivity index (χ1n) is 6.91. The smallest absolute Gasteiger partial charge is 0.307 e. The molecule has 108 valence electrons. The van der Waals surface area contributed by atoms with Crippen molar-refractivity contribution in [2.75, 3.05) is 5.32 Å². The second-order valence-electron chi connectivity index (χ2n) is 5.40. The van der Waals surface area contributed by atoms with Crippen LogP contribution in [0.25, 0.3) is 0 Å². The summed E-state index contributed by atoms with van der Waals surface area (Å²) in [5, 5.41) is 11.7. The molecule has 0 heterocycles. The lowest BCUT2D eigenvalue weighted by Gasteiger charge is -2.32. The lowest BCUT2D eigenvalue weighted by Crippen LogP contribution is -2.52. The Morgan fingerprint density at radius 3 is 2.50 bits per heavy atom. The minimum atomic E-state index is -0.924. The molecule has 0 spiro atoms. The van der Waals surface area contributed by atoms with E-state index in [9.17, 15) is 9.59 Å². The summed E-state index contributed by atoms with van der Waals surface area (Å²) in [5.41, 5.74) is 6.48. The molecule has 0 aromatic heterocycles. The first-order chi connectivity index (χ1) is 9.51. The van der Waals surface area contributed by atoms with Crippen LogP contribution in [0.3, 0.4) is 0 Å². The number of rotatable bonds is 4. The molecule has 1 fully saturated rings. The molecule has 2 rings (SSSR count). The van der Waals surface area contributed by atoms with Crippen LogP contribution in [-0.2, 0) is 16.0 Å². The average molecular weight is 276 g/mol. The summed E-state index contributed by atoms with van der Waals surface area (Å²) < 4.78 is 0. The van der Waals surface area contributed by atoms with E-state index < -0.39 is 11.5 Å². The van der Waals surface area contributed by atoms with E-state index in [1.165, 1.54) is 0 Å². The molecular weight excluding hydrogens is 256 g/mol. The van der Waals surface area contributed by atoms with Gasteiger partial charge in [0, 0.05) is 5.69 Å². The fourth-order valence-corrected chi connectivity index (χ4v) is 2.62. The van der Waals surface area contributed by atoms with Crippen LogP contribution in [0.2, 0.25) is 0 Å². The lowest BCUT2D eigenvalue weighted by molar-refractivity contribution is -0.136. The molecule has 1 aromatic rings. The van der Waals surface area contributed by atoms with E-state index >= 15 is 0 Å². The third kappa shape index (κ3) is 3.36. The summed E-state index contributed by atoms with van der Waals surface area (Å²) in [7, 11) is 0. The molecule has 5 heteroatoms. The van der Waals surface area contributed by atoms with Gasteiger partial charge >= 0.3 is 5.97 Å². The van der Waals surface area contributed by atoms with Crippen LogP contribution in [-0.4, -0.2) is 22.5 Å². The van der Waals surface area contributed by atoms with E-state index in [1.54, 1.807) is 24.3 Å². The second kappa shape index (κ2) is 6.05. The molecule has 0 unspecified atom stereocenters. The Kier molecular flexibility index (Phi) is 4.39. The van der Waals surface area contributed by atoms with Gasteiger partial charge in [-0.25, -0.2) is 0 Å². The van der Waals surface area contributed by atoms with Crippen molar-refractivity contribution in [3.05, 3.63) is 29.8 Å². The highest BCUT2D eigenvalue weighted by Gasteiger charge is 2.35. The monoisotopic (exact) mass is 276 g/mol. The highest BCUT2D eigenvalue weighted by molar-refractivity contribution is 5.98. The number of anilines is 1. The minimum Gasteiger partial charge on any atom is -0.481 e. The number of hydrogen-bond donors (Lipinski definition) is 3. The Morgan fingerprint density at radius 1 is 1.20 bits per heavy atom. The van der Waals surface area contributed by atoms with Gasteiger partial charge in [-0.2, -0.15) is 0 Å². The Bertz CT molecular complexity index is 508. The number of para-hydroxylation sites is 1. The minimum absolute atomic E-state index is 0.117. The van der Waals surface area contributed by atoms with Gasteiger partial charge in [-0.3, -0.25) is 9.59 Å². The van der Waals surface area contributed by atoms with Crippen molar-refractivity contribution in [1.29, 1.82) is 0 Å². The summed E-state index contributed by atoms with van der Waals surface area (Å²) in [6.45, 7) is 0. The van der Waals surface area contributed by atoms with Crippen LogP contribution in [0.1, 0.15) is 37.7 Å². The number of nitrogens with one attached hydrogen (secondary N) is 1. The first kappa shape index (κ1) is 14.5. The summed E-state index contributed by atoms with van der Waals surface area (Å²) in [6, 6.07) is 6.94. The molecule has 0 bridgehead atoms. The van der Waals surface area contributed by atoms with Gasteiger partial charge in [-0.1, -0.05) is 37.5 Å². The van der Waals surface area contributed by atoms with Crippen molar-refractivity contribution in [1.82, 2.24) is 0 Å². The molecule has 1 aromatic carbocycles. The van der Waals surface area contributed by atoms with E-state index in [0.29, 0.717) is 24.1 Å². The van der Waals surface area contributed by atoms with Crippen molar-refractivity contribution in [3.63, 3.8) is 0 Å². The van der Waals surface area contributed by atoms with Crippen LogP contribution < -0.4 is 11.1 Å². The van der Waals surface area contributed by atoms with E-state index in [-0.39, 0.29) is 12.3 Å². The highest BCUT2D eigenvalue weighted by atomic mass is 16.4. The Labute approximate surface area is 118 Å². The number of aliphatic carboxylic acids is 1. The lowest BCUT2D eigenvalue weighted by atomic mass is 9.82. The number of carbonyl (C=O) groups excluding carboxylic acids is 1. The molecule has 0 radical (unpaired) electrons. The molecule has 1 aliphatic carbocycles. The fourth-order valence-electron chi connectivity index (χ4n) is 2.62. The van der Waals surface area contributed by atoms with Crippen LogP contribution >= 0.6 is 0 Å². The van der Waals surface area contributed by atoms with E-state index in [0.717, 1.165) is 19.3 Å². The zero-order chi connectivity index (χ0) is 14.6. The molecular formula is C15H20N2O3. The van der Waals surface area contributed by atoms with Gasteiger partial charge in [0.25, 0.3) is 0 Å². The van der Waals surface area contributed by atoms with Crippen LogP contribution in [0.15, 0.2) is 24.3 Å². The maximum Gasteiger partial charge on any atom is 0.307 e. The third-order valence-electron chi connectivity index (χ3n) is 3.81. The normalized spacial score (nSPS) is 17.4. The van der Waals surface area contributed by atoms with Gasteiger partial charge in [0.1, 0.15) is 0 Å². The Hall–Kier alpha value is -1.88. The van der Waals surface area contributed by atoms with E-state index in [1.807, 2.05) is 0 Å². The summed E-state index contributed by atoms with van der Waals surface area (Å²) in [4.78, 5) is 23.2. The van der Waals surface area contributed by atoms with Crippen molar-refractivity contribution in [3.8, 4) is 0 Å². The zero-order valence-corrected chi connectivity index (χ0v) is 11.4.